The summed E-state index contributed by atoms with van der Waals surface area (Å²) in [6.45, 7) is 4.77. The minimum atomic E-state index is 0.649. The fourth-order valence-electron chi connectivity index (χ4n) is 2.63. The lowest BCUT2D eigenvalue weighted by atomic mass is 10.0. The third-order valence-electron chi connectivity index (χ3n) is 3.87. The second kappa shape index (κ2) is 6.22. The summed E-state index contributed by atoms with van der Waals surface area (Å²) in [5.41, 5.74) is 0. The van der Waals surface area contributed by atoms with Crippen LogP contribution in [0.2, 0.25) is 0 Å². The summed E-state index contributed by atoms with van der Waals surface area (Å²) >= 11 is 0. The molecule has 3 nitrogen and oxygen atoms in total. The van der Waals surface area contributed by atoms with E-state index in [4.69, 9.17) is 4.42 Å². The molecule has 0 bridgehead atoms. The Labute approximate surface area is 104 Å². The molecule has 0 aliphatic carbocycles. The van der Waals surface area contributed by atoms with Crippen LogP contribution in [-0.2, 0) is 6.42 Å². The number of furan rings is 1. The smallest absolute Gasteiger partial charge is 0.103 e. The average Bonchev–Trinajstić information content (AvgIpc) is 2.89. The maximum absolute atomic E-state index is 5.38. The topological polar surface area (TPSA) is 28.4 Å². The van der Waals surface area contributed by atoms with Gasteiger partial charge in [0.05, 0.1) is 6.26 Å². The third kappa shape index (κ3) is 3.58. The summed E-state index contributed by atoms with van der Waals surface area (Å²) in [7, 11) is 2.07. The zero-order valence-electron chi connectivity index (χ0n) is 11.0. The predicted molar refractivity (Wildman–Crippen MR) is 70.1 cm³/mol. The maximum atomic E-state index is 5.38. The first-order valence-electron chi connectivity index (χ1n) is 6.73. The highest BCUT2D eigenvalue weighted by molar-refractivity contribution is 4.98. The first kappa shape index (κ1) is 12.7. The van der Waals surface area contributed by atoms with E-state index in [0.29, 0.717) is 12.1 Å². The van der Waals surface area contributed by atoms with Crippen LogP contribution in [0.1, 0.15) is 31.9 Å². The number of hydrogen-bond acceptors (Lipinski definition) is 3. The standard InChI is InChI=1S/C14H24N2O/c1-12(7-8-14-6-4-10-17-14)16-9-3-5-13(11-16)15-2/h4,6,10,12-13,15H,3,5,7-9,11H2,1-2H3. The summed E-state index contributed by atoms with van der Waals surface area (Å²) in [6.07, 6.45) is 6.63. The number of aryl methyl sites for hydroxylation is 1. The molecule has 0 radical (unpaired) electrons. The van der Waals surface area contributed by atoms with E-state index in [1.54, 1.807) is 6.26 Å². The van der Waals surface area contributed by atoms with Gasteiger partial charge < -0.3 is 9.73 Å². The maximum Gasteiger partial charge on any atom is 0.103 e. The Hall–Kier alpha value is -0.800. The van der Waals surface area contributed by atoms with Crippen molar-refractivity contribution in [2.75, 3.05) is 20.1 Å². The van der Waals surface area contributed by atoms with E-state index >= 15 is 0 Å². The average molecular weight is 236 g/mol. The van der Waals surface area contributed by atoms with Crippen LogP contribution >= 0.6 is 0 Å². The van der Waals surface area contributed by atoms with Gasteiger partial charge in [0, 0.05) is 25.0 Å². The van der Waals surface area contributed by atoms with E-state index in [2.05, 4.69) is 30.3 Å². The van der Waals surface area contributed by atoms with Gasteiger partial charge >= 0.3 is 0 Å². The number of hydrogen-bond donors (Lipinski definition) is 1. The molecular formula is C14H24N2O. The van der Waals surface area contributed by atoms with E-state index in [-0.39, 0.29) is 0 Å². The van der Waals surface area contributed by atoms with E-state index in [1.165, 1.54) is 32.4 Å². The molecule has 1 saturated heterocycles. The molecule has 96 valence electrons. The van der Waals surface area contributed by atoms with Crippen LogP contribution in [0, 0.1) is 0 Å². The lowest BCUT2D eigenvalue weighted by Crippen LogP contribution is -2.47. The number of nitrogens with one attached hydrogen (secondary N) is 1. The first-order chi connectivity index (χ1) is 8.29. The molecule has 0 saturated carbocycles. The second-order valence-corrected chi connectivity index (χ2v) is 5.09. The van der Waals surface area contributed by atoms with Gasteiger partial charge in [-0.3, -0.25) is 4.90 Å². The van der Waals surface area contributed by atoms with Gasteiger partial charge in [0.1, 0.15) is 5.76 Å². The Morgan fingerprint density at radius 3 is 3.18 bits per heavy atom. The van der Waals surface area contributed by atoms with Crippen LogP contribution < -0.4 is 5.32 Å². The molecule has 1 aliphatic heterocycles. The molecule has 0 amide bonds. The Morgan fingerprint density at radius 2 is 2.47 bits per heavy atom. The van der Waals surface area contributed by atoms with Crippen LogP contribution in [0.15, 0.2) is 22.8 Å². The fourth-order valence-corrected chi connectivity index (χ4v) is 2.63. The molecule has 1 aliphatic rings. The molecule has 2 atom stereocenters. The number of nitrogens with zero attached hydrogens (tertiary/aromatic N) is 1. The summed E-state index contributed by atoms with van der Waals surface area (Å²) in [4.78, 5) is 2.60. The number of likely N-dealkylation sites (N-methyl/N-ethyl adjacent to an activating group) is 1. The molecule has 17 heavy (non-hydrogen) atoms. The molecule has 1 aromatic rings. The molecule has 1 N–H and O–H groups in total. The van der Waals surface area contributed by atoms with Crippen molar-refractivity contribution in [3.05, 3.63) is 24.2 Å². The molecule has 0 spiro atoms. The quantitative estimate of drug-likeness (QED) is 0.850. The Morgan fingerprint density at radius 1 is 1.59 bits per heavy atom. The van der Waals surface area contributed by atoms with Crippen molar-refractivity contribution in [1.82, 2.24) is 10.2 Å². The Balaban J connectivity index is 1.76. The van der Waals surface area contributed by atoms with Crippen molar-refractivity contribution in [3.8, 4) is 0 Å². The van der Waals surface area contributed by atoms with Crippen molar-refractivity contribution in [1.29, 1.82) is 0 Å². The molecule has 2 heterocycles. The molecule has 1 fully saturated rings. The Bertz CT molecular complexity index is 310. The van der Waals surface area contributed by atoms with E-state index in [9.17, 15) is 0 Å². The summed E-state index contributed by atoms with van der Waals surface area (Å²) < 4.78 is 5.38. The van der Waals surface area contributed by atoms with Crippen LogP contribution in [-0.4, -0.2) is 37.1 Å². The summed E-state index contributed by atoms with van der Waals surface area (Å²) in [6, 6.07) is 5.36. The van der Waals surface area contributed by atoms with Gasteiger partial charge in [0.15, 0.2) is 0 Å². The van der Waals surface area contributed by atoms with E-state index < -0.39 is 0 Å². The van der Waals surface area contributed by atoms with Crippen molar-refractivity contribution >= 4 is 0 Å². The normalized spacial score (nSPS) is 23.8. The Kier molecular flexibility index (Phi) is 4.63. The number of likely N-dealkylation sites (tertiary alicyclic amines) is 1. The zero-order valence-corrected chi connectivity index (χ0v) is 11.0. The van der Waals surface area contributed by atoms with Crippen molar-refractivity contribution in [3.63, 3.8) is 0 Å². The van der Waals surface area contributed by atoms with Gasteiger partial charge in [-0.05, 0) is 51.9 Å². The minimum absolute atomic E-state index is 0.649. The molecule has 0 aromatic carbocycles. The lowest BCUT2D eigenvalue weighted by Gasteiger charge is -2.36. The highest BCUT2D eigenvalue weighted by Gasteiger charge is 2.22. The molecule has 1 aromatic heterocycles. The van der Waals surface area contributed by atoms with Crippen LogP contribution in [0.25, 0.3) is 0 Å². The van der Waals surface area contributed by atoms with Gasteiger partial charge in [0.25, 0.3) is 0 Å². The highest BCUT2D eigenvalue weighted by Crippen LogP contribution is 2.16. The minimum Gasteiger partial charge on any atom is -0.469 e. The highest BCUT2D eigenvalue weighted by atomic mass is 16.3. The van der Waals surface area contributed by atoms with Crippen LogP contribution in [0.3, 0.4) is 0 Å². The monoisotopic (exact) mass is 236 g/mol. The van der Waals surface area contributed by atoms with Gasteiger partial charge in [-0.1, -0.05) is 0 Å². The predicted octanol–water partition coefficient (Wildman–Crippen LogP) is 2.28. The fraction of sp³-hybridized carbons (Fsp3) is 0.714. The molecule has 3 heteroatoms. The third-order valence-corrected chi connectivity index (χ3v) is 3.87. The van der Waals surface area contributed by atoms with Crippen LogP contribution in [0.4, 0.5) is 0 Å². The molecule has 2 unspecified atom stereocenters. The molecular weight excluding hydrogens is 212 g/mol. The SMILES string of the molecule is CNC1CCCN(C(C)CCc2ccco2)C1. The van der Waals surface area contributed by atoms with E-state index in [0.717, 1.165) is 12.2 Å². The van der Waals surface area contributed by atoms with Crippen molar-refractivity contribution in [2.24, 2.45) is 0 Å². The second-order valence-electron chi connectivity index (χ2n) is 5.09. The lowest BCUT2D eigenvalue weighted by molar-refractivity contribution is 0.142. The van der Waals surface area contributed by atoms with Gasteiger partial charge in [-0.15, -0.1) is 0 Å². The van der Waals surface area contributed by atoms with Crippen molar-refractivity contribution in [2.45, 2.75) is 44.7 Å². The van der Waals surface area contributed by atoms with Gasteiger partial charge in [-0.2, -0.15) is 0 Å². The molecule has 2 rings (SSSR count). The van der Waals surface area contributed by atoms with E-state index in [1.807, 2.05) is 6.07 Å². The number of rotatable bonds is 5. The zero-order chi connectivity index (χ0) is 12.1. The van der Waals surface area contributed by atoms with Crippen molar-refractivity contribution < 1.29 is 4.42 Å². The largest absolute Gasteiger partial charge is 0.469 e. The summed E-state index contributed by atoms with van der Waals surface area (Å²) in [5.74, 6) is 1.11. The number of piperidine rings is 1. The van der Waals surface area contributed by atoms with Gasteiger partial charge in [-0.25, -0.2) is 0 Å². The van der Waals surface area contributed by atoms with Gasteiger partial charge in [0.2, 0.25) is 0 Å². The first-order valence-corrected chi connectivity index (χ1v) is 6.73. The van der Waals surface area contributed by atoms with Crippen LogP contribution in [0.5, 0.6) is 0 Å². The summed E-state index contributed by atoms with van der Waals surface area (Å²) in [5, 5.41) is 3.40.